The third-order valence-corrected chi connectivity index (χ3v) is 1.88. The molecule has 0 aliphatic rings. The van der Waals surface area contributed by atoms with E-state index >= 15 is 0 Å². The molecular formula is C9H7BrO3. The monoisotopic (exact) mass is 242 g/mol. The summed E-state index contributed by atoms with van der Waals surface area (Å²) in [5.41, 5.74) is 0.114. The Bertz CT molecular complexity index is 347. The molecule has 0 aliphatic heterocycles. The van der Waals surface area contributed by atoms with Crippen molar-refractivity contribution in [2.45, 2.75) is 0 Å². The summed E-state index contributed by atoms with van der Waals surface area (Å²) in [6.45, 7) is 3.36. The van der Waals surface area contributed by atoms with Gasteiger partial charge in [-0.1, -0.05) is 22.5 Å². The first-order valence-electron chi connectivity index (χ1n) is 3.45. The van der Waals surface area contributed by atoms with Crippen molar-refractivity contribution in [3.05, 3.63) is 41.1 Å². The van der Waals surface area contributed by atoms with Crippen LogP contribution >= 0.6 is 15.9 Å². The van der Waals surface area contributed by atoms with Crippen LogP contribution in [0.15, 0.2) is 35.5 Å². The van der Waals surface area contributed by atoms with Crippen LogP contribution in [0.1, 0.15) is 10.4 Å². The largest absolute Gasteiger partial charge is 0.478 e. The van der Waals surface area contributed by atoms with Crippen LogP contribution < -0.4 is 4.74 Å². The SMILES string of the molecule is C=COc1cc(Br)ccc1C(=O)O. The van der Waals surface area contributed by atoms with Crippen molar-refractivity contribution in [2.75, 3.05) is 0 Å². The molecule has 0 fully saturated rings. The van der Waals surface area contributed by atoms with E-state index in [-0.39, 0.29) is 11.3 Å². The lowest BCUT2D eigenvalue weighted by Gasteiger charge is -2.04. The van der Waals surface area contributed by atoms with E-state index in [1.165, 1.54) is 12.3 Å². The zero-order chi connectivity index (χ0) is 9.84. The Kier molecular flexibility index (Phi) is 3.08. The van der Waals surface area contributed by atoms with Crippen LogP contribution in [0.25, 0.3) is 0 Å². The van der Waals surface area contributed by atoms with Crippen LogP contribution in [0.5, 0.6) is 5.75 Å². The first-order valence-corrected chi connectivity index (χ1v) is 4.25. The molecule has 68 valence electrons. The first kappa shape index (κ1) is 9.80. The topological polar surface area (TPSA) is 46.5 Å². The zero-order valence-corrected chi connectivity index (χ0v) is 8.24. The van der Waals surface area contributed by atoms with Crippen LogP contribution in [0.4, 0.5) is 0 Å². The number of hydrogen-bond acceptors (Lipinski definition) is 2. The molecule has 0 radical (unpaired) electrons. The van der Waals surface area contributed by atoms with Crippen LogP contribution in [0.2, 0.25) is 0 Å². The zero-order valence-electron chi connectivity index (χ0n) is 6.66. The fourth-order valence-electron chi connectivity index (χ4n) is 0.860. The highest BCUT2D eigenvalue weighted by atomic mass is 79.9. The second-order valence-electron chi connectivity index (χ2n) is 2.23. The lowest BCUT2D eigenvalue weighted by Crippen LogP contribution is -1.99. The fraction of sp³-hybridized carbons (Fsp3) is 0. The molecule has 4 heteroatoms. The Morgan fingerprint density at radius 2 is 2.31 bits per heavy atom. The molecule has 0 saturated heterocycles. The summed E-state index contributed by atoms with van der Waals surface area (Å²) in [6, 6.07) is 4.68. The molecule has 0 bridgehead atoms. The van der Waals surface area contributed by atoms with Gasteiger partial charge in [-0.2, -0.15) is 0 Å². The van der Waals surface area contributed by atoms with Gasteiger partial charge in [0.2, 0.25) is 0 Å². The van der Waals surface area contributed by atoms with Gasteiger partial charge in [-0.25, -0.2) is 4.79 Å². The first-order chi connectivity index (χ1) is 6.15. The predicted octanol–water partition coefficient (Wildman–Crippen LogP) is 2.67. The highest BCUT2D eigenvalue weighted by Crippen LogP contribution is 2.23. The smallest absolute Gasteiger partial charge is 0.339 e. The van der Waals surface area contributed by atoms with Crippen molar-refractivity contribution >= 4 is 21.9 Å². The average Bonchev–Trinajstić information content (AvgIpc) is 2.04. The summed E-state index contributed by atoms with van der Waals surface area (Å²) >= 11 is 3.21. The number of ether oxygens (including phenoxy) is 1. The third kappa shape index (κ3) is 2.32. The molecular weight excluding hydrogens is 236 g/mol. The molecule has 0 unspecified atom stereocenters. The minimum atomic E-state index is -1.02. The summed E-state index contributed by atoms with van der Waals surface area (Å²) in [5.74, 6) is -0.749. The number of benzene rings is 1. The molecule has 0 aliphatic carbocycles. The van der Waals surface area contributed by atoms with E-state index < -0.39 is 5.97 Å². The van der Waals surface area contributed by atoms with Gasteiger partial charge in [-0.3, -0.25) is 0 Å². The Morgan fingerprint density at radius 1 is 1.62 bits per heavy atom. The van der Waals surface area contributed by atoms with Gasteiger partial charge in [0.15, 0.2) is 0 Å². The lowest BCUT2D eigenvalue weighted by molar-refractivity contribution is 0.0694. The van der Waals surface area contributed by atoms with Gasteiger partial charge in [0.1, 0.15) is 11.3 Å². The molecule has 1 aromatic carbocycles. The average molecular weight is 243 g/mol. The van der Waals surface area contributed by atoms with E-state index in [0.29, 0.717) is 0 Å². The van der Waals surface area contributed by atoms with Crippen LogP contribution in [0.3, 0.4) is 0 Å². The molecule has 3 nitrogen and oxygen atoms in total. The number of rotatable bonds is 3. The molecule has 0 amide bonds. The van der Waals surface area contributed by atoms with Gasteiger partial charge in [-0.15, -0.1) is 0 Å². The highest BCUT2D eigenvalue weighted by molar-refractivity contribution is 9.10. The maximum atomic E-state index is 10.7. The normalized spacial score (nSPS) is 9.31. The van der Waals surface area contributed by atoms with Crippen molar-refractivity contribution in [1.29, 1.82) is 0 Å². The van der Waals surface area contributed by atoms with Gasteiger partial charge in [0.05, 0.1) is 6.26 Å². The second-order valence-corrected chi connectivity index (χ2v) is 3.15. The van der Waals surface area contributed by atoms with Crippen molar-refractivity contribution in [3.63, 3.8) is 0 Å². The Morgan fingerprint density at radius 3 is 2.85 bits per heavy atom. The summed E-state index contributed by atoms with van der Waals surface area (Å²) in [5, 5.41) is 8.75. The third-order valence-electron chi connectivity index (χ3n) is 1.38. The molecule has 0 aromatic heterocycles. The van der Waals surface area contributed by atoms with E-state index in [1.54, 1.807) is 12.1 Å². The standard InChI is InChI=1S/C9H7BrO3/c1-2-13-8-5-6(10)3-4-7(8)9(11)12/h2-5H,1H2,(H,11,12). The molecule has 1 rings (SSSR count). The van der Waals surface area contributed by atoms with E-state index in [2.05, 4.69) is 22.5 Å². The quantitative estimate of drug-likeness (QED) is 0.830. The molecule has 1 aromatic rings. The maximum absolute atomic E-state index is 10.7. The van der Waals surface area contributed by atoms with Crippen LogP contribution in [-0.4, -0.2) is 11.1 Å². The molecule has 0 saturated carbocycles. The van der Waals surface area contributed by atoms with Crippen molar-refractivity contribution in [3.8, 4) is 5.75 Å². The summed E-state index contributed by atoms with van der Waals surface area (Å²) < 4.78 is 5.69. The number of carboxylic acids is 1. The Labute approximate surface area is 83.8 Å². The highest BCUT2D eigenvalue weighted by Gasteiger charge is 2.10. The van der Waals surface area contributed by atoms with Gasteiger partial charge < -0.3 is 9.84 Å². The number of halogens is 1. The van der Waals surface area contributed by atoms with Crippen molar-refractivity contribution in [2.24, 2.45) is 0 Å². The Hall–Kier alpha value is -1.29. The number of carbonyl (C=O) groups is 1. The van der Waals surface area contributed by atoms with Crippen LogP contribution in [-0.2, 0) is 0 Å². The van der Waals surface area contributed by atoms with Crippen LogP contribution in [0, 0.1) is 0 Å². The lowest BCUT2D eigenvalue weighted by atomic mass is 10.2. The van der Waals surface area contributed by atoms with E-state index in [9.17, 15) is 4.79 Å². The van der Waals surface area contributed by atoms with Gasteiger partial charge in [-0.05, 0) is 18.2 Å². The maximum Gasteiger partial charge on any atom is 0.339 e. The number of hydrogen-bond donors (Lipinski definition) is 1. The second kappa shape index (κ2) is 4.09. The summed E-state index contributed by atoms with van der Waals surface area (Å²) in [4.78, 5) is 10.7. The van der Waals surface area contributed by atoms with Crippen molar-refractivity contribution < 1.29 is 14.6 Å². The Balaban J connectivity index is 3.17. The van der Waals surface area contributed by atoms with E-state index in [4.69, 9.17) is 9.84 Å². The van der Waals surface area contributed by atoms with Gasteiger partial charge in [0.25, 0.3) is 0 Å². The molecule has 1 N–H and O–H groups in total. The van der Waals surface area contributed by atoms with E-state index in [1.807, 2.05) is 0 Å². The molecule has 0 spiro atoms. The number of aromatic carboxylic acids is 1. The predicted molar refractivity (Wildman–Crippen MR) is 51.9 cm³/mol. The summed E-state index contributed by atoms with van der Waals surface area (Å²) in [6.07, 6.45) is 1.19. The minimum absolute atomic E-state index is 0.114. The molecule has 0 atom stereocenters. The molecule has 13 heavy (non-hydrogen) atoms. The minimum Gasteiger partial charge on any atom is -0.478 e. The van der Waals surface area contributed by atoms with Gasteiger partial charge >= 0.3 is 5.97 Å². The fourth-order valence-corrected chi connectivity index (χ4v) is 1.20. The van der Waals surface area contributed by atoms with Gasteiger partial charge in [0, 0.05) is 4.47 Å². The van der Waals surface area contributed by atoms with Crippen molar-refractivity contribution in [1.82, 2.24) is 0 Å². The van der Waals surface area contributed by atoms with E-state index in [0.717, 1.165) is 4.47 Å². The molecule has 0 heterocycles. The summed E-state index contributed by atoms with van der Waals surface area (Å²) in [7, 11) is 0. The number of carboxylic acid groups (broad SMARTS) is 1.